The number of aliphatic imine (C=N–C) groups is 1. The fraction of sp³-hybridized carbons (Fsp3) is 0.406. The van der Waals surface area contributed by atoms with Crippen molar-refractivity contribution >= 4 is 6.21 Å². The monoisotopic (exact) mass is 575 g/mol. The van der Waals surface area contributed by atoms with E-state index in [9.17, 15) is 13.2 Å². The summed E-state index contributed by atoms with van der Waals surface area (Å²) in [7, 11) is 0. The number of nitrogens with zero attached hydrogens (tertiary/aromatic N) is 1. The van der Waals surface area contributed by atoms with E-state index < -0.39 is 36.3 Å². The number of hydrogen-bond acceptors (Lipinski definition) is 4. The predicted molar refractivity (Wildman–Crippen MR) is 147 cm³/mol. The lowest BCUT2D eigenvalue weighted by atomic mass is 9.80. The molecule has 3 aromatic carbocycles. The molecule has 0 bridgehead atoms. The molecular formula is C32H34F5NO3. The van der Waals surface area contributed by atoms with Crippen molar-refractivity contribution in [2.45, 2.75) is 63.5 Å². The van der Waals surface area contributed by atoms with E-state index in [-0.39, 0.29) is 35.4 Å². The summed E-state index contributed by atoms with van der Waals surface area (Å²) >= 11 is 0. The molecule has 3 atom stereocenters. The minimum Gasteiger partial charge on any atom is -0.429 e. The van der Waals surface area contributed by atoms with E-state index in [0.29, 0.717) is 11.5 Å². The standard InChI is InChI=1S/C32H34F5NO3/c1-3-13-31(17-21(4-2)18-38-31)25-7-9-26(10-8-25)32(36,37)41-27-11-5-23(6-12-27)24(19-40-20-39)14-22-15-28(33)30(35)29(34)16-22/h5-12,15-16,18,21,24,39H,3-4,13-14,17,19-20H2,1-2H3/t21?,24?,31-/m1/s1. The Balaban J connectivity index is 1.48. The van der Waals surface area contributed by atoms with Gasteiger partial charge in [-0.3, -0.25) is 4.99 Å². The lowest BCUT2D eigenvalue weighted by Crippen LogP contribution is -2.24. The normalized spacial score (nSPS) is 19.5. The van der Waals surface area contributed by atoms with Gasteiger partial charge in [-0.05, 0) is 84.7 Å². The Morgan fingerprint density at radius 3 is 2.22 bits per heavy atom. The van der Waals surface area contributed by atoms with Crippen LogP contribution in [-0.4, -0.2) is 24.7 Å². The summed E-state index contributed by atoms with van der Waals surface area (Å²) in [5.41, 5.74) is 1.000. The number of hydrogen-bond donors (Lipinski definition) is 1. The molecule has 0 amide bonds. The number of halogens is 5. The van der Waals surface area contributed by atoms with Gasteiger partial charge in [0.05, 0.1) is 17.7 Å². The minimum absolute atomic E-state index is 0.0254. The zero-order chi connectivity index (χ0) is 29.6. The summed E-state index contributed by atoms with van der Waals surface area (Å²) in [6.45, 7) is 3.59. The Bertz CT molecular complexity index is 1310. The molecule has 2 unspecified atom stereocenters. The number of rotatable bonds is 13. The summed E-state index contributed by atoms with van der Waals surface area (Å²) in [4.78, 5) is 4.80. The Labute approximate surface area is 236 Å². The van der Waals surface area contributed by atoms with Gasteiger partial charge in [0, 0.05) is 12.1 Å². The van der Waals surface area contributed by atoms with Crippen molar-refractivity contribution in [3.63, 3.8) is 0 Å². The second-order valence-electron chi connectivity index (χ2n) is 10.5. The lowest BCUT2D eigenvalue weighted by Gasteiger charge is -2.28. The Morgan fingerprint density at radius 2 is 1.66 bits per heavy atom. The van der Waals surface area contributed by atoms with Crippen LogP contribution in [0.5, 0.6) is 5.75 Å². The molecule has 0 saturated carbocycles. The molecule has 0 aliphatic carbocycles. The Kier molecular flexibility index (Phi) is 9.81. The first-order valence-electron chi connectivity index (χ1n) is 13.8. The van der Waals surface area contributed by atoms with Gasteiger partial charge < -0.3 is 14.6 Å². The molecule has 3 aromatic rings. The van der Waals surface area contributed by atoms with E-state index in [2.05, 4.69) is 13.8 Å². The third kappa shape index (κ3) is 7.13. The molecule has 0 fully saturated rings. The lowest BCUT2D eigenvalue weighted by molar-refractivity contribution is -0.185. The van der Waals surface area contributed by atoms with Gasteiger partial charge in [-0.15, -0.1) is 0 Å². The molecule has 4 nitrogen and oxygen atoms in total. The fourth-order valence-electron chi connectivity index (χ4n) is 5.42. The van der Waals surface area contributed by atoms with Crippen molar-refractivity contribution in [2.24, 2.45) is 10.9 Å². The van der Waals surface area contributed by atoms with Gasteiger partial charge in [-0.2, -0.15) is 8.78 Å². The van der Waals surface area contributed by atoms with Crippen LogP contribution in [0.3, 0.4) is 0 Å². The molecular weight excluding hydrogens is 541 g/mol. The highest BCUT2D eigenvalue weighted by molar-refractivity contribution is 5.65. The fourth-order valence-corrected chi connectivity index (χ4v) is 5.42. The molecule has 0 saturated heterocycles. The van der Waals surface area contributed by atoms with E-state index in [4.69, 9.17) is 19.6 Å². The van der Waals surface area contributed by atoms with Gasteiger partial charge in [0.15, 0.2) is 17.5 Å². The van der Waals surface area contributed by atoms with Gasteiger partial charge in [0.1, 0.15) is 12.5 Å². The average molecular weight is 576 g/mol. The first-order valence-corrected chi connectivity index (χ1v) is 13.8. The molecule has 0 spiro atoms. The van der Waals surface area contributed by atoms with Crippen molar-refractivity contribution in [3.05, 3.63) is 100 Å². The van der Waals surface area contributed by atoms with E-state index in [1.54, 1.807) is 12.1 Å². The number of ether oxygens (including phenoxy) is 2. The Hall–Kier alpha value is -3.30. The Morgan fingerprint density at radius 1 is 1.00 bits per heavy atom. The summed E-state index contributed by atoms with van der Waals surface area (Å²) in [5, 5.41) is 9.07. The van der Waals surface area contributed by atoms with Gasteiger partial charge in [0.25, 0.3) is 0 Å². The maximum absolute atomic E-state index is 15.1. The van der Waals surface area contributed by atoms with Crippen molar-refractivity contribution in [1.29, 1.82) is 0 Å². The number of aliphatic hydroxyl groups excluding tert-OH is 1. The summed E-state index contributed by atoms with van der Waals surface area (Å²) in [6, 6.07) is 13.7. The largest absolute Gasteiger partial charge is 0.429 e. The second-order valence-corrected chi connectivity index (χ2v) is 10.5. The van der Waals surface area contributed by atoms with Crippen LogP contribution < -0.4 is 4.74 Å². The zero-order valence-corrected chi connectivity index (χ0v) is 23.1. The molecule has 4 rings (SSSR count). The maximum atomic E-state index is 15.1. The number of aliphatic hydroxyl groups is 1. The highest BCUT2D eigenvalue weighted by Crippen LogP contribution is 2.43. The number of benzene rings is 3. The predicted octanol–water partition coefficient (Wildman–Crippen LogP) is 8.02. The van der Waals surface area contributed by atoms with Crippen LogP contribution in [0.4, 0.5) is 22.0 Å². The molecule has 0 aromatic heterocycles. The third-order valence-electron chi connectivity index (χ3n) is 7.61. The van der Waals surface area contributed by atoms with Crippen LogP contribution >= 0.6 is 0 Å². The van der Waals surface area contributed by atoms with Crippen molar-refractivity contribution in [3.8, 4) is 5.75 Å². The van der Waals surface area contributed by atoms with Crippen LogP contribution in [0.1, 0.15) is 67.7 Å². The average Bonchev–Trinajstić information content (AvgIpc) is 3.39. The van der Waals surface area contributed by atoms with Crippen molar-refractivity contribution in [1.82, 2.24) is 0 Å². The van der Waals surface area contributed by atoms with E-state index in [1.165, 1.54) is 36.4 Å². The molecule has 1 N–H and O–H groups in total. The molecule has 1 aliphatic rings. The van der Waals surface area contributed by atoms with Gasteiger partial charge in [0.2, 0.25) is 0 Å². The molecule has 9 heteroatoms. The van der Waals surface area contributed by atoms with Crippen molar-refractivity contribution < 1.29 is 36.5 Å². The third-order valence-corrected chi connectivity index (χ3v) is 7.61. The van der Waals surface area contributed by atoms with Gasteiger partial charge in [-0.1, -0.05) is 44.5 Å². The zero-order valence-electron chi connectivity index (χ0n) is 23.1. The van der Waals surface area contributed by atoms with Crippen LogP contribution in [0.2, 0.25) is 0 Å². The molecule has 220 valence electrons. The first-order chi connectivity index (χ1) is 19.6. The van der Waals surface area contributed by atoms with Crippen LogP contribution in [-0.2, 0) is 22.8 Å². The second kappa shape index (κ2) is 13.1. The topological polar surface area (TPSA) is 51.0 Å². The van der Waals surface area contributed by atoms with E-state index in [0.717, 1.165) is 43.4 Å². The summed E-state index contributed by atoms with van der Waals surface area (Å²) in [5.74, 6) is -4.41. The van der Waals surface area contributed by atoms with Gasteiger partial charge >= 0.3 is 6.11 Å². The summed E-state index contributed by atoms with van der Waals surface area (Å²) < 4.78 is 81.2. The molecule has 0 radical (unpaired) electrons. The molecule has 41 heavy (non-hydrogen) atoms. The smallest absolute Gasteiger partial charge is 0.426 e. The van der Waals surface area contributed by atoms with Crippen LogP contribution in [0.25, 0.3) is 0 Å². The quantitative estimate of drug-likeness (QED) is 0.128. The van der Waals surface area contributed by atoms with Gasteiger partial charge in [-0.25, -0.2) is 13.2 Å². The van der Waals surface area contributed by atoms with E-state index in [1.807, 2.05) is 6.21 Å². The molecule has 1 aliphatic heterocycles. The highest BCUT2D eigenvalue weighted by Gasteiger charge is 2.39. The maximum Gasteiger partial charge on any atom is 0.426 e. The molecule has 1 heterocycles. The van der Waals surface area contributed by atoms with Crippen LogP contribution in [0, 0.1) is 23.4 Å². The van der Waals surface area contributed by atoms with E-state index >= 15 is 8.78 Å². The SMILES string of the molecule is CCC[C@]1(c2ccc(C(F)(F)Oc3ccc(C(COCO)Cc4cc(F)c(F)c(F)c4)cc3)cc2)CC(CC)C=N1. The summed E-state index contributed by atoms with van der Waals surface area (Å²) in [6.07, 6.45) is 2.05. The van der Waals surface area contributed by atoms with Crippen molar-refractivity contribution in [2.75, 3.05) is 13.4 Å². The number of alkyl halides is 2. The first kappa shape index (κ1) is 30.7. The highest BCUT2D eigenvalue weighted by atomic mass is 19.3. The minimum atomic E-state index is -3.61. The van der Waals surface area contributed by atoms with Crippen LogP contribution in [0.15, 0.2) is 65.7 Å².